The van der Waals surface area contributed by atoms with Gasteiger partial charge in [-0.15, -0.1) is 0 Å². The standard InChI is InChI=1S/C16H17ClFNO/c1-20-16-7-6-13(17)9-14(16)12(10-19)8-11-4-2-3-5-15(11)18/h2-7,9,12H,8,10,19H2,1H3. The minimum atomic E-state index is -0.216. The maximum absolute atomic E-state index is 13.8. The van der Waals surface area contributed by atoms with Gasteiger partial charge in [0.05, 0.1) is 7.11 Å². The Bertz CT molecular complexity index is 588. The molecule has 0 fully saturated rings. The predicted octanol–water partition coefficient (Wildman–Crippen LogP) is 3.77. The molecular weight excluding hydrogens is 277 g/mol. The minimum absolute atomic E-state index is 0.0412. The number of benzene rings is 2. The summed E-state index contributed by atoms with van der Waals surface area (Å²) in [6.07, 6.45) is 0.514. The second kappa shape index (κ2) is 6.73. The molecule has 0 aliphatic rings. The van der Waals surface area contributed by atoms with E-state index in [2.05, 4.69) is 0 Å². The van der Waals surface area contributed by atoms with Gasteiger partial charge in [0.2, 0.25) is 0 Å². The second-order valence-corrected chi connectivity index (χ2v) is 5.05. The van der Waals surface area contributed by atoms with E-state index in [0.717, 1.165) is 11.3 Å². The zero-order valence-electron chi connectivity index (χ0n) is 11.3. The zero-order chi connectivity index (χ0) is 14.5. The SMILES string of the molecule is COc1ccc(Cl)cc1C(CN)Cc1ccccc1F. The molecule has 0 spiro atoms. The first-order valence-corrected chi connectivity index (χ1v) is 6.80. The molecule has 106 valence electrons. The maximum Gasteiger partial charge on any atom is 0.126 e. The van der Waals surface area contributed by atoms with Gasteiger partial charge in [-0.1, -0.05) is 29.8 Å². The summed E-state index contributed by atoms with van der Waals surface area (Å²) in [6, 6.07) is 12.1. The first-order valence-electron chi connectivity index (χ1n) is 6.42. The predicted molar refractivity (Wildman–Crippen MR) is 79.9 cm³/mol. The second-order valence-electron chi connectivity index (χ2n) is 4.61. The van der Waals surface area contributed by atoms with Gasteiger partial charge < -0.3 is 10.5 Å². The topological polar surface area (TPSA) is 35.2 Å². The average molecular weight is 294 g/mol. The lowest BCUT2D eigenvalue weighted by Gasteiger charge is -2.19. The molecule has 2 aromatic rings. The van der Waals surface area contributed by atoms with Crippen molar-refractivity contribution in [2.45, 2.75) is 12.3 Å². The van der Waals surface area contributed by atoms with Crippen LogP contribution in [0.25, 0.3) is 0 Å². The van der Waals surface area contributed by atoms with Crippen LogP contribution >= 0.6 is 11.6 Å². The summed E-state index contributed by atoms with van der Waals surface area (Å²) in [5.74, 6) is 0.466. The van der Waals surface area contributed by atoms with Crippen molar-refractivity contribution in [1.82, 2.24) is 0 Å². The van der Waals surface area contributed by atoms with Crippen LogP contribution in [0.2, 0.25) is 5.02 Å². The third-order valence-corrected chi connectivity index (χ3v) is 3.58. The number of hydrogen-bond donors (Lipinski definition) is 1. The van der Waals surface area contributed by atoms with Crippen LogP contribution in [0.1, 0.15) is 17.0 Å². The molecule has 4 heteroatoms. The van der Waals surface area contributed by atoms with E-state index in [1.165, 1.54) is 6.07 Å². The molecule has 20 heavy (non-hydrogen) atoms. The Morgan fingerprint density at radius 2 is 2.00 bits per heavy atom. The third-order valence-electron chi connectivity index (χ3n) is 3.34. The highest BCUT2D eigenvalue weighted by Crippen LogP contribution is 2.31. The molecule has 0 aromatic heterocycles. The van der Waals surface area contributed by atoms with Crippen LogP contribution in [0, 0.1) is 5.82 Å². The monoisotopic (exact) mass is 293 g/mol. The first-order chi connectivity index (χ1) is 9.65. The van der Waals surface area contributed by atoms with Crippen molar-refractivity contribution in [1.29, 1.82) is 0 Å². The van der Waals surface area contributed by atoms with E-state index < -0.39 is 0 Å². The molecular formula is C16H17ClFNO. The number of nitrogens with two attached hydrogens (primary N) is 1. The number of rotatable bonds is 5. The minimum Gasteiger partial charge on any atom is -0.496 e. The molecule has 1 unspecified atom stereocenters. The fraction of sp³-hybridized carbons (Fsp3) is 0.250. The summed E-state index contributed by atoms with van der Waals surface area (Å²) in [4.78, 5) is 0. The lowest BCUT2D eigenvalue weighted by atomic mass is 9.91. The van der Waals surface area contributed by atoms with Crippen molar-refractivity contribution in [3.8, 4) is 5.75 Å². The van der Waals surface area contributed by atoms with Crippen LogP contribution in [-0.2, 0) is 6.42 Å². The van der Waals surface area contributed by atoms with Crippen LogP contribution in [0.4, 0.5) is 4.39 Å². The summed E-state index contributed by atoms with van der Waals surface area (Å²) < 4.78 is 19.1. The van der Waals surface area contributed by atoms with E-state index in [1.807, 2.05) is 18.2 Å². The van der Waals surface area contributed by atoms with Gasteiger partial charge in [0.15, 0.2) is 0 Å². The van der Waals surface area contributed by atoms with E-state index >= 15 is 0 Å². The molecule has 0 radical (unpaired) electrons. The first kappa shape index (κ1) is 14.8. The molecule has 2 aromatic carbocycles. The van der Waals surface area contributed by atoms with Gasteiger partial charge >= 0.3 is 0 Å². The Balaban J connectivity index is 2.33. The molecule has 0 amide bonds. The van der Waals surface area contributed by atoms with Crippen molar-refractivity contribution in [3.05, 3.63) is 64.4 Å². The van der Waals surface area contributed by atoms with Crippen molar-refractivity contribution < 1.29 is 9.13 Å². The van der Waals surface area contributed by atoms with E-state index in [0.29, 0.717) is 23.6 Å². The van der Waals surface area contributed by atoms with Crippen molar-refractivity contribution in [3.63, 3.8) is 0 Å². The fourth-order valence-corrected chi connectivity index (χ4v) is 2.45. The third kappa shape index (κ3) is 3.30. The van der Waals surface area contributed by atoms with Crippen molar-refractivity contribution >= 4 is 11.6 Å². The molecule has 2 N–H and O–H groups in total. The quantitative estimate of drug-likeness (QED) is 0.911. The van der Waals surface area contributed by atoms with E-state index in [4.69, 9.17) is 22.1 Å². The van der Waals surface area contributed by atoms with Gasteiger partial charge in [-0.3, -0.25) is 0 Å². The van der Waals surface area contributed by atoms with Crippen LogP contribution in [0.3, 0.4) is 0 Å². The fourth-order valence-electron chi connectivity index (χ4n) is 2.27. The summed E-state index contributed by atoms with van der Waals surface area (Å²) in [6.45, 7) is 0.394. The van der Waals surface area contributed by atoms with E-state index in [1.54, 1.807) is 25.3 Å². The molecule has 0 saturated heterocycles. The van der Waals surface area contributed by atoms with Crippen molar-refractivity contribution in [2.24, 2.45) is 5.73 Å². The Hall–Kier alpha value is -1.58. The van der Waals surface area contributed by atoms with Crippen LogP contribution < -0.4 is 10.5 Å². The molecule has 0 aliphatic heterocycles. The van der Waals surface area contributed by atoms with Crippen molar-refractivity contribution in [2.75, 3.05) is 13.7 Å². The van der Waals surface area contributed by atoms with Gasteiger partial charge in [0.25, 0.3) is 0 Å². The number of ether oxygens (including phenoxy) is 1. The molecule has 1 atom stereocenters. The summed E-state index contributed by atoms with van der Waals surface area (Å²) >= 11 is 6.04. The Labute approximate surface area is 123 Å². The van der Waals surface area contributed by atoms with Gasteiger partial charge in [-0.25, -0.2) is 4.39 Å². The molecule has 0 bridgehead atoms. The normalized spacial score (nSPS) is 12.2. The highest BCUT2D eigenvalue weighted by atomic mass is 35.5. The van der Waals surface area contributed by atoms with Gasteiger partial charge in [0, 0.05) is 16.5 Å². The summed E-state index contributed by atoms with van der Waals surface area (Å²) in [5, 5.41) is 0.618. The number of halogens is 2. The lowest BCUT2D eigenvalue weighted by molar-refractivity contribution is 0.405. The van der Waals surface area contributed by atoms with Gasteiger partial charge in [0.1, 0.15) is 11.6 Å². The van der Waals surface area contributed by atoms with E-state index in [9.17, 15) is 4.39 Å². The highest BCUT2D eigenvalue weighted by molar-refractivity contribution is 6.30. The molecule has 0 aliphatic carbocycles. The molecule has 2 rings (SSSR count). The maximum atomic E-state index is 13.8. The summed E-state index contributed by atoms with van der Waals surface area (Å²) in [7, 11) is 1.60. The van der Waals surface area contributed by atoms with Gasteiger partial charge in [-0.05, 0) is 42.8 Å². The Kier molecular flexibility index (Phi) is 4.99. The smallest absolute Gasteiger partial charge is 0.126 e. The zero-order valence-corrected chi connectivity index (χ0v) is 12.0. The molecule has 0 heterocycles. The average Bonchev–Trinajstić information content (AvgIpc) is 2.46. The largest absolute Gasteiger partial charge is 0.496 e. The Morgan fingerprint density at radius 3 is 2.65 bits per heavy atom. The summed E-state index contributed by atoms with van der Waals surface area (Å²) in [5.41, 5.74) is 7.41. The lowest BCUT2D eigenvalue weighted by Crippen LogP contribution is -2.16. The molecule has 0 saturated carbocycles. The van der Waals surface area contributed by atoms with Crippen LogP contribution in [0.5, 0.6) is 5.75 Å². The molecule has 2 nitrogen and oxygen atoms in total. The van der Waals surface area contributed by atoms with Gasteiger partial charge in [-0.2, -0.15) is 0 Å². The van der Waals surface area contributed by atoms with E-state index in [-0.39, 0.29) is 11.7 Å². The van der Waals surface area contributed by atoms with Crippen LogP contribution in [-0.4, -0.2) is 13.7 Å². The Morgan fingerprint density at radius 1 is 1.25 bits per heavy atom. The number of methoxy groups -OCH3 is 1. The number of hydrogen-bond acceptors (Lipinski definition) is 2. The van der Waals surface area contributed by atoms with Crippen LogP contribution in [0.15, 0.2) is 42.5 Å². The highest BCUT2D eigenvalue weighted by Gasteiger charge is 2.17.